The Bertz CT molecular complexity index is 759. The Morgan fingerprint density at radius 2 is 1.89 bits per heavy atom. The van der Waals surface area contributed by atoms with Crippen molar-refractivity contribution in [1.29, 1.82) is 5.26 Å². The molecule has 1 fully saturated rings. The first-order chi connectivity index (χ1) is 12.7. The number of carbonyl (C=O) groups is 2. The number of halogens is 1. The summed E-state index contributed by atoms with van der Waals surface area (Å²) in [6.07, 6.45) is 0.668. The van der Waals surface area contributed by atoms with Crippen LogP contribution in [0.15, 0.2) is 16.6 Å². The number of esters is 1. The smallest absolute Gasteiger partial charge is 0.410 e. The van der Waals surface area contributed by atoms with Crippen molar-refractivity contribution in [3.63, 3.8) is 0 Å². The minimum atomic E-state index is -0.631. The molecule has 27 heavy (non-hydrogen) atoms. The molecule has 8 heteroatoms. The molecular formula is C19H23BrN2O5. The molecule has 0 radical (unpaired) electrons. The summed E-state index contributed by atoms with van der Waals surface area (Å²) in [7, 11) is 1.26. The van der Waals surface area contributed by atoms with Crippen molar-refractivity contribution in [3.8, 4) is 11.8 Å². The minimum absolute atomic E-state index is 0.101. The van der Waals surface area contributed by atoms with Crippen LogP contribution in [0.1, 0.15) is 49.5 Å². The topological polar surface area (TPSA) is 88.9 Å². The lowest BCUT2D eigenvalue weighted by Gasteiger charge is -2.33. The number of benzene rings is 1. The fourth-order valence-electron chi connectivity index (χ4n) is 2.73. The van der Waals surface area contributed by atoms with Gasteiger partial charge in [0.25, 0.3) is 0 Å². The van der Waals surface area contributed by atoms with Crippen LogP contribution in [0, 0.1) is 11.3 Å². The Morgan fingerprint density at radius 3 is 2.41 bits per heavy atom. The van der Waals surface area contributed by atoms with E-state index in [9.17, 15) is 14.9 Å². The second kappa shape index (κ2) is 8.61. The number of ether oxygens (including phenoxy) is 3. The molecule has 1 aromatic carbocycles. The van der Waals surface area contributed by atoms with Gasteiger partial charge in [-0.05, 0) is 48.8 Å². The molecule has 1 heterocycles. The number of nitrogens with zero attached hydrogens (tertiary/aromatic N) is 2. The summed E-state index contributed by atoms with van der Waals surface area (Å²) in [5.41, 5.74) is -0.264. The zero-order chi connectivity index (χ0) is 20.2. The summed E-state index contributed by atoms with van der Waals surface area (Å²) in [4.78, 5) is 25.9. The number of piperidine rings is 1. The lowest BCUT2D eigenvalue weighted by molar-refractivity contribution is 0.0126. The monoisotopic (exact) mass is 438 g/mol. The van der Waals surface area contributed by atoms with Gasteiger partial charge in [-0.15, -0.1) is 0 Å². The number of nitriles is 1. The van der Waals surface area contributed by atoms with Crippen LogP contribution in [0.25, 0.3) is 0 Å². The van der Waals surface area contributed by atoms with Gasteiger partial charge in [0.1, 0.15) is 29.1 Å². The summed E-state index contributed by atoms with van der Waals surface area (Å²) >= 11 is 3.27. The van der Waals surface area contributed by atoms with E-state index in [-0.39, 0.29) is 23.3 Å². The Balaban J connectivity index is 2.09. The molecule has 0 atom stereocenters. The van der Waals surface area contributed by atoms with E-state index in [1.165, 1.54) is 7.11 Å². The number of hydrogen-bond donors (Lipinski definition) is 0. The largest absolute Gasteiger partial charge is 0.489 e. The van der Waals surface area contributed by atoms with Crippen LogP contribution in [-0.4, -0.2) is 48.9 Å². The van der Waals surface area contributed by atoms with Crippen LogP contribution in [0.4, 0.5) is 4.79 Å². The van der Waals surface area contributed by atoms with Crippen molar-refractivity contribution in [1.82, 2.24) is 4.90 Å². The van der Waals surface area contributed by atoms with E-state index in [0.29, 0.717) is 36.2 Å². The highest BCUT2D eigenvalue weighted by Gasteiger charge is 2.29. The molecule has 1 saturated heterocycles. The van der Waals surface area contributed by atoms with E-state index in [1.807, 2.05) is 26.8 Å². The number of hydrogen-bond acceptors (Lipinski definition) is 6. The van der Waals surface area contributed by atoms with Gasteiger partial charge in [0.05, 0.1) is 12.7 Å². The predicted octanol–water partition coefficient (Wildman–Crippen LogP) is 3.89. The summed E-state index contributed by atoms with van der Waals surface area (Å²) in [5.74, 6) is -0.327. The molecule has 0 aliphatic carbocycles. The van der Waals surface area contributed by atoms with Gasteiger partial charge < -0.3 is 19.1 Å². The zero-order valence-electron chi connectivity index (χ0n) is 15.9. The van der Waals surface area contributed by atoms with Crippen molar-refractivity contribution >= 4 is 28.0 Å². The van der Waals surface area contributed by atoms with Crippen LogP contribution < -0.4 is 4.74 Å². The molecule has 7 nitrogen and oxygen atoms in total. The normalized spacial score (nSPS) is 15.0. The first kappa shape index (κ1) is 21.0. The minimum Gasteiger partial charge on any atom is -0.489 e. The first-order valence-corrected chi connectivity index (χ1v) is 9.41. The van der Waals surface area contributed by atoms with E-state index in [1.54, 1.807) is 17.0 Å². The van der Waals surface area contributed by atoms with Crippen LogP contribution >= 0.6 is 15.9 Å². The van der Waals surface area contributed by atoms with Gasteiger partial charge in [0.15, 0.2) is 0 Å². The SMILES string of the molecule is COC(=O)c1c(OC2CCN(C(=O)OC(C)(C)C)CC2)ccc(Br)c1C#N. The number of likely N-dealkylation sites (tertiary alicyclic amines) is 1. The maximum atomic E-state index is 12.1. The van der Waals surface area contributed by atoms with Gasteiger partial charge in [-0.25, -0.2) is 9.59 Å². The van der Waals surface area contributed by atoms with E-state index in [2.05, 4.69) is 15.9 Å². The highest BCUT2D eigenvalue weighted by molar-refractivity contribution is 9.10. The molecule has 1 aromatic rings. The number of carbonyl (C=O) groups excluding carboxylic acids is 2. The van der Waals surface area contributed by atoms with Gasteiger partial charge in [-0.2, -0.15) is 5.26 Å². The van der Waals surface area contributed by atoms with Gasteiger partial charge in [0, 0.05) is 30.4 Å². The van der Waals surface area contributed by atoms with E-state index in [4.69, 9.17) is 14.2 Å². The van der Waals surface area contributed by atoms with E-state index < -0.39 is 11.6 Å². The summed E-state index contributed by atoms with van der Waals surface area (Å²) < 4.78 is 16.7. The molecule has 1 aliphatic heterocycles. The molecule has 146 valence electrons. The van der Waals surface area contributed by atoms with E-state index >= 15 is 0 Å². The number of rotatable bonds is 3. The Hall–Kier alpha value is -2.27. The zero-order valence-corrected chi connectivity index (χ0v) is 17.5. The molecule has 1 aliphatic rings. The number of amides is 1. The van der Waals surface area contributed by atoms with Crippen molar-refractivity contribution in [2.45, 2.75) is 45.3 Å². The molecule has 0 bridgehead atoms. The lowest BCUT2D eigenvalue weighted by Crippen LogP contribution is -2.44. The third-order valence-electron chi connectivity index (χ3n) is 4.00. The maximum absolute atomic E-state index is 12.1. The average Bonchev–Trinajstić information content (AvgIpc) is 2.61. The highest BCUT2D eigenvalue weighted by Crippen LogP contribution is 2.31. The fourth-order valence-corrected chi connectivity index (χ4v) is 3.15. The van der Waals surface area contributed by atoms with Crippen molar-refractivity contribution in [2.24, 2.45) is 0 Å². The Morgan fingerprint density at radius 1 is 1.26 bits per heavy atom. The lowest BCUT2D eigenvalue weighted by atomic mass is 10.1. The molecule has 0 spiro atoms. The molecule has 0 unspecified atom stereocenters. The average molecular weight is 439 g/mol. The van der Waals surface area contributed by atoms with Crippen LogP contribution in [0.3, 0.4) is 0 Å². The standard InChI is InChI=1S/C19H23BrN2O5/c1-19(2,3)27-18(24)22-9-7-12(8-10-22)26-15-6-5-14(20)13(11-21)16(15)17(23)25-4/h5-6,12H,7-10H2,1-4H3. The second-order valence-corrected chi connectivity index (χ2v) is 8.04. The van der Waals surface area contributed by atoms with Crippen LogP contribution in [0.2, 0.25) is 0 Å². The molecule has 0 aromatic heterocycles. The van der Waals surface area contributed by atoms with E-state index in [0.717, 1.165) is 0 Å². The number of methoxy groups -OCH3 is 1. The molecule has 0 saturated carbocycles. The fraction of sp³-hybridized carbons (Fsp3) is 0.526. The Kier molecular flexibility index (Phi) is 6.71. The molecule has 2 rings (SSSR count). The van der Waals surface area contributed by atoms with Crippen molar-refractivity contribution in [3.05, 3.63) is 27.7 Å². The summed E-state index contributed by atoms with van der Waals surface area (Å²) in [5, 5.41) is 9.36. The third-order valence-corrected chi connectivity index (χ3v) is 4.67. The van der Waals surface area contributed by atoms with Gasteiger partial charge in [-0.1, -0.05) is 0 Å². The van der Waals surface area contributed by atoms with Gasteiger partial charge in [-0.3, -0.25) is 0 Å². The third kappa shape index (κ3) is 5.36. The molecule has 0 N–H and O–H groups in total. The Labute approximate surface area is 167 Å². The predicted molar refractivity (Wildman–Crippen MR) is 102 cm³/mol. The van der Waals surface area contributed by atoms with Crippen LogP contribution in [-0.2, 0) is 9.47 Å². The van der Waals surface area contributed by atoms with Crippen LogP contribution in [0.5, 0.6) is 5.75 Å². The molecular weight excluding hydrogens is 416 g/mol. The second-order valence-electron chi connectivity index (χ2n) is 7.18. The van der Waals surface area contributed by atoms with Crippen molar-refractivity contribution < 1.29 is 23.8 Å². The quantitative estimate of drug-likeness (QED) is 0.664. The first-order valence-electron chi connectivity index (χ1n) is 8.61. The highest BCUT2D eigenvalue weighted by atomic mass is 79.9. The maximum Gasteiger partial charge on any atom is 0.410 e. The molecule has 1 amide bonds. The summed E-state index contributed by atoms with van der Waals surface area (Å²) in [6, 6.07) is 5.30. The van der Waals surface area contributed by atoms with Crippen molar-refractivity contribution in [2.75, 3.05) is 20.2 Å². The van der Waals surface area contributed by atoms with Gasteiger partial charge in [0.2, 0.25) is 0 Å². The summed E-state index contributed by atoms with van der Waals surface area (Å²) in [6.45, 7) is 6.48. The van der Waals surface area contributed by atoms with Gasteiger partial charge >= 0.3 is 12.1 Å².